The van der Waals surface area contributed by atoms with Crippen molar-refractivity contribution in [1.29, 1.82) is 0 Å². The number of aliphatic hydroxyl groups excluding tert-OH is 3. The monoisotopic (exact) mass is 586 g/mol. The Labute approximate surface area is 225 Å². The van der Waals surface area contributed by atoms with Gasteiger partial charge in [0.2, 0.25) is 10.0 Å². The number of benzene rings is 1. The SMILES string of the molecule is Nc1ncnc2c1ncn2[C@@H]1O[C@H](CNS(=O)(=O)/C=C/CCC(=O)c2ccccc2C(O)C(F)(F)F)[C@@H](O)[C@H]1O. The zero-order chi connectivity index (χ0) is 29.2. The van der Waals surface area contributed by atoms with Gasteiger partial charge in [-0.15, -0.1) is 0 Å². The molecule has 0 aliphatic carbocycles. The lowest BCUT2D eigenvalue weighted by atomic mass is 9.96. The lowest BCUT2D eigenvalue weighted by Crippen LogP contribution is -2.39. The molecule has 1 aromatic carbocycles. The van der Waals surface area contributed by atoms with Crippen molar-refractivity contribution in [3.8, 4) is 0 Å². The minimum atomic E-state index is -4.96. The van der Waals surface area contributed by atoms with Gasteiger partial charge in [-0.05, 0) is 6.42 Å². The zero-order valence-electron chi connectivity index (χ0n) is 20.5. The number of hydrogen-bond donors (Lipinski definition) is 5. The van der Waals surface area contributed by atoms with Gasteiger partial charge in [-0.1, -0.05) is 30.3 Å². The quantitative estimate of drug-likeness (QED) is 0.209. The molecule has 0 amide bonds. The van der Waals surface area contributed by atoms with E-state index in [0.29, 0.717) is 0 Å². The van der Waals surface area contributed by atoms with Gasteiger partial charge in [0, 0.05) is 29.5 Å². The van der Waals surface area contributed by atoms with Crippen molar-refractivity contribution in [3.63, 3.8) is 0 Å². The molecule has 13 nitrogen and oxygen atoms in total. The number of nitrogens with one attached hydrogen (secondary N) is 1. The number of halogens is 3. The van der Waals surface area contributed by atoms with E-state index in [4.69, 9.17) is 10.5 Å². The molecule has 216 valence electrons. The molecule has 5 atom stereocenters. The van der Waals surface area contributed by atoms with E-state index in [2.05, 4.69) is 19.7 Å². The summed E-state index contributed by atoms with van der Waals surface area (Å²) >= 11 is 0. The number of aromatic nitrogens is 4. The normalized spacial score (nSPS) is 22.8. The van der Waals surface area contributed by atoms with Crippen molar-refractivity contribution >= 4 is 32.8 Å². The number of imidazole rings is 1. The summed E-state index contributed by atoms with van der Waals surface area (Å²) in [7, 11) is -4.08. The smallest absolute Gasteiger partial charge is 0.387 e. The zero-order valence-corrected chi connectivity index (χ0v) is 21.3. The van der Waals surface area contributed by atoms with Crippen LogP contribution in [0.2, 0.25) is 0 Å². The van der Waals surface area contributed by atoms with Gasteiger partial charge in [-0.3, -0.25) is 9.36 Å². The van der Waals surface area contributed by atoms with Gasteiger partial charge in [0.1, 0.15) is 30.2 Å². The number of hydrogen-bond acceptors (Lipinski definition) is 11. The van der Waals surface area contributed by atoms with Crippen molar-refractivity contribution in [3.05, 3.63) is 59.5 Å². The second kappa shape index (κ2) is 11.6. The molecule has 40 heavy (non-hydrogen) atoms. The maximum atomic E-state index is 12.9. The average molecular weight is 587 g/mol. The molecule has 1 aliphatic heterocycles. The number of carbonyl (C=O) groups excluding carboxylic acids is 1. The third-order valence-corrected chi connectivity index (χ3v) is 7.28. The number of nitrogens with zero attached hydrogens (tertiary/aromatic N) is 4. The van der Waals surface area contributed by atoms with Crippen LogP contribution < -0.4 is 10.5 Å². The summed E-state index contributed by atoms with van der Waals surface area (Å²) in [5.74, 6) is -0.617. The van der Waals surface area contributed by atoms with Gasteiger partial charge >= 0.3 is 6.18 Å². The highest BCUT2D eigenvalue weighted by molar-refractivity contribution is 7.92. The maximum Gasteiger partial charge on any atom is 0.418 e. The summed E-state index contributed by atoms with van der Waals surface area (Å²) in [5.41, 5.74) is 5.33. The third kappa shape index (κ3) is 6.29. The fourth-order valence-electron chi connectivity index (χ4n) is 4.14. The summed E-state index contributed by atoms with van der Waals surface area (Å²) < 4.78 is 72.7. The lowest BCUT2D eigenvalue weighted by Gasteiger charge is -2.17. The second-order valence-corrected chi connectivity index (χ2v) is 10.5. The number of fused-ring (bicyclic) bond motifs is 1. The van der Waals surface area contributed by atoms with Gasteiger partial charge in [-0.25, -0.2) is 28.1 Å². The van der Waals surface area contributed by atoms with Crippen LogP contribution in [-0.4, -0.2) is 80.1 Å². The molecule has 6 N–H and O–H groups in total. The summed E-state index contributed by atoms with van der Waals surface area (Å²) in [6, 6.07) is 4.75. The molecule has 3 heterocycles. The number of nitrogen functional groups attached to an aromatic ring is 1. The van der Waals surface area contributed by atoms with E-state index < -0.39 is 64.7 Å². The molecule has 1 unspecified atom stereocenters. The molecule has 1 aliphatic rings. The molecule has 0 radical (unpaired) electrons. The molecule has 0 saturated carbocycles. The minimum Gasteiger partial charge on any atom is -0.387 e. The van der Waals surface area contributed by atoms with E-state index in [1.807, 2.05) is 0 Å². The number of alkyl halides is 3. The largest absolute Gasteiger partial charge is 0.418 e. The van der Waals surface area contributed by atoms with Gasteiger partial charge < -0.3 is 25.8 Å². The number of ketones is 1. The van der Waals surface area contributed by atoms with Gasteiger partial charge in [-0.2, -0.15) is 13.2 Å². The first-order valence-corrected chi connectivity index (χ1v) is 13.3. The number of sulfonamides is 1. The molecule has 0 bridgehead atoms. The van der Waals surface area contributed by atoms with E-state index >= 15 is 0 Å². The van der Waals surface area contributed by atoms with Gasteiger partial charge in [0.05, 0.1) is 6.33 Å². The predicted octanol–water partition coefficient (Wildman–Crippen LogP) is 0.720. The van der Waals surface area contributed by atoms with Crippen LogP contribution in [0.3, 0.4) is 0 Å². The van der Waals surface area contributed by atoms with E-state index in [1.165, 1.54) is 29.4 Å². The minimum absolute atomic E-state index is 0.0951. The Hall–Kier alpha value is -3.48. The van der Waals surface area contributed by atoms with Crippen molar-refractivity contribution < 1.29 is 46.4 Å². The molecule has 1 saturated heterocycles. The average Bonchev–Trinajstić information content (AvgIpc) is 3.46. The Balaban J connectivity index is 1.33. The summed E-state index contributed by atoms with van der Waals surface area (Å²) in [4.78, 5) is 24.4. The molecular formula is C23H25F3N6O7S. The first kappa shape index (κ1) is 29.5. The number of rotatable bonds is 10. The number of aliphatic hydroxyl groups is 3. The van der Waals surface area contributed by atoms with Crippen molar-refractivity contribution in [1.82, 2.24) is 24.2 Å². The Morgan fingerprint density at radius 1 is 1.20 bits per heavy atom. The number of carbonyl (C=O) groups is 1. The predicted molar refractivity (Wildman–Crippen MR) is 133 cm³/mol. The third-order valence-electron chi connectivity index (χ3n) is 6.16. The first-order valence-electron chi connectivity index (χ1n) is 11.8. The van der Waals surface area contributed by atoms with Crippen LogP contribution in [0.25, 0.3) is 11.2 Å². The van der Waals surface area contributed by atoms with Crippen molar-refractivity contribution in [2.75, 3.05) is 12.3 Å². The number of Topliss-reactive ketones (excluding diaryl/α,β-unsaturated/α-hetero) is 1. The second-order valence-electron chi connectivity index (χ2n) is 8.89. The van der Waals surface area contributed by atoms with Crippen LogP contribution in [0.15, 0.2) is 48.4 Å². The van der Waals surface area contributed by atoms with Crippen LogP contribution in [-0.2, 0) is 14.8 Å². The lowest BCUT2D eigenvalue weighted by molar-refractivity contribution is -0.206. The van der Waals surface area contributed by atoms with E-state index in [-0.39, 0.29) is 35.4 Å². The molecule has 0 spiro atoms. The number of ether oxygens (including phenoxy) is 1. The molecule has 3 aromatic rings. The molecular weight excluding hydrogens is 561 g/mol. The number of allylic oxidation sites excluding steroid dienone is 1. The molecule has 2 aromatic heterocycles. The number of anilines is 1. The van der Waals surface area contributed by atoms with Crippen molar-refractivity contribution in [2.45, 2.75) is 49.7 Å². The summed E-state index contributed by atoms with van der Waals surface area (Å²) in [6.45, 7) is -0.424. The maximum absolute atomic E-state index is 12.9. The Bertz CT molecular complexity index is 1510. The fourth-order valence-corrected chi connectivity index (χ4v) is 5.02. The van der Waals surface area contributed by atoms with Gasteiger partial charge in [0.15, 0.2) is 29.6 Å². The standard InChI is InChI=1S/C23H25F3N6O7S/c24-23(25,26)19(36)13-6-2-1-5-12(13)14(33)7-3-4-8-40(37,38)31-9-15-17(34)18(35)22(39-15)32-11-30-16-20(27)28-10-29-21(16)32/h1-2,4-6,8,10-11,15,17-19,22,31,34-36H,3,7,9H2,(H2,27,28,29)/b8-4+/t15-,17-,18-,19?,22-/m1/s1. The first-order chi connectivity index (χ1) is 18.8. The number of nitrogens with two attached hydrogens (primary N) is 1. The van der Waals surface area contributed by atoms with Crippen LogP contribution in [0.5, 0.6) is 0 Å². The van der Waals surface area contributed by atoms with Crippen LogP contribution in [0, 0.1) is 0 Å². The Morgan fingerprint density at radius 3 is 2.65 bits per heavy atom. The van der Waals surface area contributed by atoms with E-state index in [0.717, 1.165) is 23.6 Å². The summed E-state index contributed by atoms with van der Waals surface area (Å²) in [5, 5.41) is 31.2. The highest BCUT2D eigenvalue weighted by Gasteiger charge is 2.44. The van der Waals surface area contributed by atoms with E-state index in [1.54, 1.807) is 0 Å². The van der Waals surface area contributed by atoms with E-state index in [9.17, 15) is 41.7 Å². The van der Waals surface area contributed by atoms with Crippen LogP contribution in [0.4, 0.5) is 19.0 Å². The Kier molecular flexibility index (Phi) is 8.52. The molecule has 1 fully saturated rings. The van der Waals surface area contributed by atoms with Crippen molar-refractivity contribution in [2.24, 2.45) is 0 Å². The van der Waals surface area contributed by atoms with Crippen LogP contribution >= 0.6 is 0 Å². The highest BCUT2D eigenvalue weighted by atomic mass is 32.2. The van der Waals surface area contributed by atoms with Gasteiger partial charge in [0.25, 0.3) is 0 Å². The topological polar surface area (TPSA) is 203 Å². The fraction of sp³-hybridized carbons (Fsp3) is 0.391. The summed E-state index contributed by atoms with van der Waals surface area (Å²) in [6.07, 6.45) is -9.87. The molecule has 4 rings (SSSR count). The molecule has 17 heteroatoms. The highest BCUT2D eigenvalue weighted by Crippen LogP contribution is 2.35. The van der Waals surface area contributed by atoms with Crippen LogP contribution in [0.1, 0.15) is 41.1 Å². The Morgan fingerprint density at radius 2 is 1.93 bits per heavy atom.